The Morgan fingerprint density at radius 2 is 2.00 bits per heavy atom. The Labute approximate surface area is 188 Å². The van der Waals surface area contributed by atoms with Gasteiger partial charge in [0.05, 0.1) is 23.3 Å². The van der Waals surface area contributed by atoms with Crippen LogP contribution in [-0.4, -0.2) is 72.2 Å². The zero-order chi connectivity index (χ0) is 22.5. The van der Waals surface area contributed by atoms with Gasteiger partial charge in [0.25, 0.3) is 5.91 Å². The smallest absolute Gasteiger partial charge is 0.260 e. The van der Waals surface area contributed by atoms with Crippen LogP contribution in [-0.2, 0) is 4.79 Å². The molecule has 1 saturated heterocycles. The first-order chi connectivity index (χ1) is 15.5. The van der Waals surface area contributed by atoms with Crippen LogP contribution in [0.25, 0.3) is 10.9 Å². The molecular weight excluding hydrogens is 404 g/mol. The van der Waals surface area contributed by atoms with Crippen LogP contribution in [0.15, 0.2) is 60.7 Å². The van der Waals surface area contributed by atoms with E-state index in [1.807, 2.05) is 74.8 Å². The minimum absolute atomic E-state index is 0.109. The highest BCUT2D eigenvalue weighted by atomic mass is 16.5. The van der Waals surface area contributed by atoms with Crippen LogP contribution in [0.2, 0.25) is 0 Å². The van der Waals surface area contributed by atoms with Crippen molar-refractivity contribution < 1.29 is 14.6 Å². The number of aliphatic hydroxyl groups excluding tert-OH is 1. The number of rotatable bonds is 8. The molecular formula is C25H30N4O3. The Bertz CT molecular complexity index is 1060. The van der Waals surface area contributed by atoms with Gasteiger partial charge in [-0.15, -0.1) is 0 Å². The highest BCUT2D eigenvalue weighted by Gasteiger charge is 2.28. The normalized spacial score (nSPS) is 17.3. The van der Waals surface area contributed by atoms with Crippen LogP contribution in [0.3, 0.4) is 0 Å². The summed E-state index contributed by atoms with van der Waals surface area (Å²) >= 11 is 0. The number of nitrogens with zero attached hydrogens (tertiary/aromatic N) is 3. The van der Waals surface area contributed by atoms with Gasteiger partial charge in [-0.1, -0.05) is 48.5 Å². The van der Waals surface area contributed by atoms with Gasteiger partial charge in [-0.25, -0.2) is 4.98 Å². The van der Waals surface area contributed by atoms with Crippen LogP contribution in [0.4, 0.5) is 5.69 Å². The fourth-order valence-electron chi connectivity index (χ4n) is 4.14. The minimum atomic E-state index is -0.297. The molecule has 4 rings (SSSR count). The van der Waals surface area contributed by atoms with Crippen molar-refractivity contribution in [2.24, 2.45) is 0 Å². The monoisotopic (exact) mass is 434 g/mol. The van der Waals surface area contributed by atoms with E-state index in [2.05, 4.69) is 15.2 Å². The lowest BCUT2D eigenvalue weighted by atomic mass is 10.0. The standard InChI is InChI=1S/C25H30N4O3/c1-26-22-14-19-10-6-7-11-21(19)27-25(22)32-17-24(31)28(2)23(18-8-4-3-5-9-18)16-29-13-12-20(30)15-29/h3-11,14,20,23,26,30H,12-13,15-17H2,1-2H3/t20?,23-/m1/s1. The van der Waals surface area contributed by atoms with E-state index in [1.165, 1.54) is 0 Å². The molecule has 0 saturated carbocycles. The number of para-hydroxylation sites is 1. The average molecular weight is 435 g/mol. The number of aliphatic hydroxyl groups is 1. The summed E-state index contributed by atoms with van der Waals surface area (Å²) < 4.78 is 5.87. The van der Waals surface area contributed by atoms with Gasteiger partial charge in [0.2, 0.25) is 5.88 Å². The van der Waals surface area contributed by atoms with Gasteiger partial charge in [-0.05, 0) is 24.1 Å². The lowest BCUT2D eigenvalue weighted by Crippen LogP contribution is -2.41. The Morgan fingerprint density at radius 1 is 1.25 bits per heavy atom. The molecule has 168 valence electrons. The van der Waals surface area contributed by atoms with Gasteiger partial charge in [0, 0.05) is 39.1 Å². The molecule has 3 aromatic rings. The predicted molar refractivity (Wildman–Crippen MR) is 126 cm³/mol. The highest BCUT2D eigenvalue weighted by Crippen LogP contribution is 2.27. The van der Waals surface area contributed by atoms with Crippen LogP contribution < -0.4 is 10.1 Å². The third kappa shape index (κ3) is 5.00. The second kappa shape index (κ2) is 9.97. The molecule has 2 atom stereocenters. The zero-order valence-electron chi connectivity index (χ0n) is 18.6. The first kappa shape index (κ1) is 22.0. The van der Waals surface area contributed by atoms with Crippen LogP contribution in [0.5, 0.6) is 5.88 Å². The van der Waals surface area contributed by atoms with Gasteiger partial charge in [-0.2, -0.15) is 0 Å². The molecule has 0 spiro atoms. The lowest BCUT2D eigenvalue weighted by Gasteiger charge is -2.32. The molecule has 1 amide bonds. The second-order valence-electron chi connectivity index (χ2n) is 8.21. The number of likely N-dealkylation sites (tertiary alicyclic amines) is 1. The maximum atomic E-state index is 13.1. The number of ether oxygens (including phenoxy) is 1. The van der Waals surface area contributed by atoms with Crippen molar-refractivity contribution in [2.45, 2.75) is 18.6 Å². The number of amides is 1. The van der Waals surface area contributed by atoms with Crippen molar-refractivity contribution in [3.63, 3.8) is 0 Å². The number of benzene rings is 2. The third-order valence-corrected chi connectivity index (χ3v) is 6.01. The minimum Gasteiger partial charge on any atom is -0.466 e. The molecule has 2 heterocycles. The summed E-state index contributed by atoms with van der Waals surface area (Å²) in [6, 6.07) is 19.6. The number of pyridine rings is 1. The first-order valence-corrected chi connectivity index (χ1v) is 11.0. The number of hydrogen-bond acceptors (Lipinski definition) is 6. The van der Waals surface area contributed by atoms with Crippen molar-refractivity contribution in [2.75, 3.05) is 45.7 Å². The van der Waals surface area contributed by atoms with Crippen molar-refractivity contribution in [3.05, 3.63) is 66.2 Å². The van der Waals surface area contributed by atoms with Crippen molar-refractivity contribution in [1.29, 1.82) is 0 Å². The number of nitrogens with one attached hydrogen (secondary N) is 1. The summed E-state index contributed by atoms with van der Waals surface area (Å²) in [6.07, 6.45) is 0.470. The maximum absolute atomic E-state index is 13.1. The zero-order valence-corrected chi connectivity index (χ0v) is 18.6. The van der Waals surface area contributed by atoms with E-state index in [0.717, 1.165) is 35.1 Å². The Hall–Kier alpha value is -3.16. The molecule has 2 N–H and O–H groups in total. The molecule has 0 radical (unpaired) electrons. The number of carbonyl (C=O) groups is 1. The van der Waals surface area contributed by atoms with Crippen molar-refractivity contribution in [1.82, 2.24) is 14.8 Å². The largest absolute Gasteiger partial charge is 0.466 e. The lowest BCUT2D eigenvalue weighted by molar-refractivity contribution is -0.134. The highest BCUT2D eigenvalue weighted by molar-refractivity contribution is 5.84. The third-order valence-electron chi connectivity index (χ3n) is 6.01. The summed E-state index contributed by atoms with van der Waals surface area (Å²) in [5, 5.41) is 14.0. The summed E-state index contributed by atoms with van der Waals surface area (Å²) in [4.78, 5) is 21.6. The van der Waals surface area contributed by atoms with Gasteiger partial charge in [0.15, 0.2) is 6.61 Å². The Balaban J connectivity index is 1.49. The van der Waals surface area contributed by atoms with Gasteiger partial charge in [-0.3, -0.25) is 9.69 Å². The fraction of sp³-hybridized carbons (Fsp3) is 0.360. The quantitative estimate of drug-likeness (QED) is 0.568. The summed E-state index contributed by atoms with van der Waals surface area (Å²) in [7, 11) is 3.62. The van der Waals surface area contributed by atoms with Crippen molar-refractivity contribution >= 4 is 22.5 Å². The van der Waals surface area contributed by atoms with Gasteiger partial charge < -0.3 is 20.1 Å². The molecule has 1 aromatic heterocycles. The molecule has 7 heteroatoms. The fourth-order valence-corrected chi connectivity index (χ4v) is 4.14. The van der Waals surface area contributed by atoms with E-state index in [1.54, 1.807) is 4.90 Å². The van der Waals surface area contributed by atoms with Crippen LogP contribution in [0, 0.1) is 0 Å². The number of likely N-dealkylation sites (N-methyl/N-ethyl adjacent to an activating group) is 1. The van der Waals surface area contributed by atoms with E-state index >= 15 is 0 Å². The van der Waals surface area contributed by atoms with E-state index in [4.69, 9.17) is 4.74 Å². The Morgan fingerprint density at radius 3 is 2.72 bits per heavy atom. The van der Waals surface area contributed by atoms with Crippen LogP contribution in [0.1, 0.15) is 18.0 Å². The van der Waals surface area contributed by atoms with Gasteiger partial charge >= 0.3 is 0 Å². The number of fused-ring (bicyclic) bond motifs is 1. The molecule has 1 aliphatic heterocycles. The number of carbonyl (C=O) groups excluding carboxylic acids is 1. The molecule has 1 unspecified atom stereocenters. The molecule has 0 bridgehead atoms. The molecule has 32 heavy (non-hydrogen) atoms. The molecule has 1 fully saturated rings. The van der Waals surface area contributed by atoms with Crippen LogP contribution >= 0.6 is 0 Å². The molecule has 2 aromatic carbocycles. The summed E-state index contributed by atoms with van der Waals surface area (Å²) in [5.41, 5.74) is 2.62. The number of hydrogen-bond donors (Lipinski definition) is 2. The number of β-amino-alcohol motifs (C(OH)–C–C–N with tert-alkyl or cyclic N) is 1. The SMILES string of the molecule is CNc1cc2ccccc2nc1OCC(=O)N(C)[C@H](CN1CCC(O)C1)c1ccccc1. The average Bonchev–Trinajstić information content (AvgIpc) is 3.25. The van der Waals surface area contributed by atoms with Gasteiger partial charge in [0.1, 0.15) is 0 Å². The molecule has 7 nitrogen and oxygen atoms in total. The maximum Gasteiger partial charge on any atom is 0.260 e. The van der Waals surface area contributed by atoms with E-state index in [9.17, 15) is 9.90 Å². The first-order valence-electron chi connectivity index (χ1n) is 11.0. The topological polar surface area (TPSA) is 77.9 Å². The summed E-state index contributed by atoms with van der Waals surface area (Å²) in [6.45, 7) is 2.02. The summed E-state index contributed by atoms with van der Waals surface area (Å²) in [5.74, 6) is 0.280. The van der Waals surface area contributed by atoms with E-state index in [-0.39, 0.29) is 24.7 Å². The second-order valence-corrected chi connectivity index (χ2v) is 8.21. The van der Waals surface area contributed by atoms with E-state index < -0.39 is 0 Å². The predicted octanol–water partition coefficient (Wildman–Crippen LogP) is 2.92. The Kier molecular flexibility index (Phi) is 6.87. The molecule has 0 aliphatic carbocycles. The molecule has 1 aliphatic rings. The number of aromatic nitrogens is 1. The number of anilines is 1. The van der Waals surface area contributed by atoms with E-state index in [0.29, 0.717) is 19.0 Å². The van der Waals surface area contributed by atoms with Crippen molar-refractivity contribution in [3.8, 4) is 5.88 Å².